The number of carbonyl (C=O) groups excluding carboxylic acids is 1. The standard InChI is InChI=1S/C18H32O3/c1-2-3-4-5-6-7-8-9-10-11-12-13-14-15-16-18(17-19)21-20/h6-7,9-10,17-18,20H,2-5,8,11-16H2,1H3/b7-6-,10-9-. The van der Waals surface area contributed by atoms with Gasteiger partial charge in [0.05, 0.1) is 0 Å². The molecule has 0 radical (unpaired) electrons. The highest BCUT2D eigenvalue weighted by molar-refractivity contribution is 5.55. The van der Waals surface area contributed by atoms with Crippen LogP contribution in [-0.4, -0.2) is 17.6 Å². The van der Waals surface area contributed by atoms with E-state index >= 15 is 0 Å². The van der Waals surface area contributed by atoms with E-state index in [0.29, 0.717) is 12.7 Å². The Morgan fingerprint density at radius 3 is 2.10 bits per heavy atom. The van der Waals surface area contributed by atoms with Crippen molar-refractivity contribution in [2.45, 2.75) is 83.7 Å². The molecule has 0 aromatic rings. The predicted octanol–water partition coefficient (Wildman–Crippen LogP) is 5.47. The quantitative estimate of drug-likeness (QED) is 0.143. The van der Waals surface area contributed by atoms with Crippen LogP contribution < -0.4 is 0 Å². The fourth-order valence-electron chi connectivity index (χ4n) is 2.13. The van der Waals surface area contributed by atoms with E-state index < -0.39 is 6.10 Å². The third kappa shape index (κ3) is 15.3. The van der Waals surface area contributed by atoms with Crippen molar-refractivity contribution in [1.82, 2.24) is 0 Å². The number of rotatable bonds is 15. The Hall–Kier alpha value is -0.930. The molecule has 0 aliphatic carbocycles. The molecule has 0 spiro atoms. The monoisotopic (exact) mass is 296 g/mol. The number of carbonyl (C=O) groups is 1. The van der Waals surface area contributed by atoms with Gasteiger partial charge in [0.2, 0.25) is 0 Å². The molecule has 0 aliphatic rings. The van der Waals surface area contributed by atoms with Gasteiger partial charge in [0.15, 0.2) is 6.29 Å². The Morgan fingerprint density at radius 2 is 1.52 bits per heavy atom. The van der Waals surface area contributed by atoms with E-state index in [4.69, 9.17) is 5.26 Å². The molecule has 3 nitrogen and oxygen atoms in total. The zero-order valence-electron chi connectivity index (χ0n) is 13.5. The Balaban J connectivity index is 3.27. The van der Waals surface area contributed by atoms with E-state index in [-0.39, 0.29) is 0 Å². The van der Waals surface area contributed by atoms with E-state index in [2.05, 4.69) is 36.1 Å². The fraction of sp³-hybridized carbons (Fsp3) is 0.722. The first-order valence-electron chi connectivity index (χ1n) is 8.40. The van der Waals surface area contributed by atoms with E-state index in [1.54, 1.807) is 0 Å². The number of hydrogen-bond acceptors (Lipinski definition) is 3. The molecular formula is C18H32O3. The normalized spacial score (nSPS) is 13.2. The second-order valence-corrected chi connectivity index (χ2v) is 5.45. The van der Waals surface area contributed by atoms with Crippen LogP contribution in [0, 0.1) is 0 Å². The Labute approximate surface area is 130 Å². The smallest absolute Gasteiger partial charge is 0.152 e. The minimum absolute atomic E-state index is 0.610. The number of unbranched alkanes of at least 4 members (excludes halogenated alkanes) is 7. The van der Waals surface area contributed by atoms with Crippen molar-refractivity contribution in [2.75, 3.05) is 0 Å². The van der Waals surface area contributed by atoms with Crippen molar-refractivity contribution >= 4 is 6.29 Å². The molecule has 0 saturated carbocycles. The van der Waals surface area contributed by atoms with E-state index in [0.717, 1.165) is 32.1 Å². The van der Waals surface area contributed by atoms with Crippen molar-refractivity contribution in [3.05, 3.63) is 24.3 Å². The summed E-state index contributed by atoms with van der Waals surface area (Å²) in [5.74, 6) is 0. The molecule has 21 heavy (non-hydrogen) atoms. The summed E-state index contributed by atoms with van der Waals surface area (Å²) >= 11 is 0. The van der Waals surface area contributed by atoms with Crippen LogP contribution in [0.15, 0.2) is 24.3 Å². The Morgan fingerprint density at radius 1 is 0.905 bits per heavy atom. The van der Waals surface area contributed by atoms with Crippen LogP contribution in [-0.2, 0) is 9.68 Å². The lowest BCUT2D eigenvalue weighted by molar-refractivity contribution is -0.268. The van der Waals surface area contributed by atoms with Crippen molar-refractivity contribution in [3.8, 4) is 0 Å². The molecule has 3 heteroatoms. The first kappa shape index (κ1) is 20.1. The molecule has 122 valence electrons. The summed E-state index contributed by atoms with van der Waals surface area (Å²) in [5, 5.41) is 8.38. The van der Waals surface area contributed by atoms with Crippen LogP contribution in [0.25, 0.3) is 0 Å². The molecule has 0 rings (SSSR count). The van der Waals surface area contributed by atoms with Crippen molar-refractivity contribution in [2.24, 2.45) is 0 Å². The van der Waals surface area contributed by atoms with E-state index in [9.17, 15) is 4.79 Å². The molecule has 0 bridgehead atoms. The molecule has 1 atom stereocenters. The zero-order chi connectivity index (χ0) is 15.6. The second-order valence-electron chi connectivity index (χ2n) is 5.45. The zero-order valence-corrected chi connectivity index (χ0v) is 13.5. The molecule has 1 N–H and O–H groups in total. The van der Waals surface area contributed by atoms with Gasteiger partial charge in [0, 0.05) is 0 Å². The van der Waals surface area contributed by atoms with Gasteiger partial charge in [-0.25, -0.2) is 4.89 Å². The van der Waals surface area contributed by atoms with Gasteiger partial charge in [0.25, 0.3) is 0 Å². The third-order valence-corrected chi connectivity index (χ3v) is 3.48. The van der Waals surface area contributed by atoms with E-state index in [1.807, 2.05) is 0 Å². The minimum atomic E-state index is -0.644. The molecule has 0 aromatic heterocycles. The maximum absolute atomic E-state index is 10.4. The molecule has 0 amide bonds. The van der Waals surface area contributed by atoms with Crippen molar-refractivity contribution in [1.29, 1.82) is 0 Å². The second kappa shape index (κ2) is 17.1. The predicted molar refractivity (Wildman–Crippen MR) is 88.3 cm³/mol. The molecule has 0 heterocycles. The molecule has 1 unspecified atom stereocenters. The van der Waals surface area contributed by atoms with Gasteiger partial charge in [-0.1, -0.05) is 63.3 Å². The number of allylic oxidation sites excluding steroid dienone is 4. The lowest BCUT2D eigenvalue weighted by Gasteiger charge is -2.04. The molecular weight excluding hydrogens is 264 g/mol. The Kier molecular flexibility index (Phi) is 16.4. The van der Waals surface area contributed by atoms with Crippen LogP contribution >= 0.6 is 0 Å². The van der Waals surface area contributed by atoms with Crippen LogP contribution in [0.2, 0.25) is 0 Å². The lowest BCUT2D eigenvalue weighted by Crippen LogP contribution is -2.11. The Bertz CT molecular complexity index is 272. The summed E-state index contributed by atoms with van der Waals surface area (Å²) in [4.78, 5) is 14.4. The average molecular weight is 296 g/mol. The van der Waals surface area contributed by atoms with Gasteiger partial charge < -0.3 is 4.79 Å². The van der Waals surface area contributed by atoms with Crippen molar-refractivity contribution in [3.63, 3.8) is 0 Å². The van der Waals surface area contributed by atoms with Gasteiger partial charge in [-0.15, -0.1) is 0 Å². The summed E-state index contributed by atoms with van der Waals surface area (Å²) in [7, 11) is 0. The summed E-state index contributed by atoms with van der Waals surface area (Å²) in [5.41, 5.74) is 0. The summed E-state index contributed by atoms with van der Waals surface area (Å²) in [6, 6.07) is 0. The van der Waals surface area contributed by atoms with Crippen LogP contribution in [0.5, 0.6) is 0 Å². The average Bonchev–Trinajstić information content (AvgIpc) is 2.51. The van der Waals surface area contributed by atoms with Gasteiger partial charge in [-0.3, -0.25) is 5.26 Å². The van der Waals surface area contributed by atoms with E-state index in [1.165, 1.54) is 32.1 Å². The fourth-order valence-corrected chi connectivity index (χ4v) is 2.13. The van der Waals surface area contributed by atoms with Gasteiger partial charge in [-0.05, 0) is 38.5 Å². The van der Waals surface area contributed by atoms with Crippen LogP contribution in [0.4, 0.5) is 0 Å². The molecule has 0 aliphatic heterocycles. The van der Waals surface area contributed by atoms with Crippen LogP contribution in [0.3, 0.4) is 0 Å². The van der Waals surface area contributed by atoms with Crippen molar-refractivity contribution < 1.29 is 14.9 Å². The van der Waals surface area contributed by atoms with Gasteiger partial charge in [0.1, 0.15) is 6.10 Å². The highest BCUT2D eigenvalue weighted by Gasteiger charge is 2.05. The molecule has 0 aromatic carbocycles. The highest BCUT2D eigenvalue weighted by atomic mass is 17.1. The maximum atomic E-state index is 10.4. The topological polar surface area (TPSA) is 46.5 Å². The minimum Gasteiger partial charge on any atom is -0.300 e. The summed E-state index contributed by atoms with van der Waals surface area (Å²) in [6.07, 6.45) is 21.3. The molecule has 0 saturated heterocycles. The number of aldehydes is 1. The van der Waals surface area contributed by atoms with Gasteiger partial charge >= 0.3 is 0 Å². The van der Waals surface area contributed by atoms with Crippen LogP contribution in [0.1, 0.15) is 77.6 Å². The SMILES string of the molecule is CCCCC/C=C\C/C=C\CCCCCCC(C=O)OO. The summed E-state index contributed by atoms with van der Waals surface area (Å²) < 4.78 is 0. The highest BCUT2D eigenvalue weighted by Crippen LogP contribution is 2.08. The largest absolute Gasteiger partial charge is 0.300 e. The first-order valence-corrected chi connectivity index (χ1v) is 8.40. The lowest BCUT2D eigenvalue weighted by atomic mass is 10.1. The molecule has 0 fully saturated rings. The number of hydrogen-bond donors (Lipinski definition) is 1. The summed E-state index contributed by atoms with van der Waals surface area (Å²) in [6.45, 7) is 2.23. The maximum Gasteiger partial charge on any atom is 0.152 e. The third-order valence-electron chi connectivity index (χ3n) is 3.48. The van der Waals surface area contributed by atoms with Gasteiger partial charge in [-0.2, -0.15) is 0 Å². The first-order chi connectivity index (χ1) is 10.3.